The van der Waals surface area contributed by atoms with Gasteiger partial charge in [0, 0.05) is 24.8 Å². The minimum absolute atomic E-state index is 0.156. The lowest BCUT2D eigenvalue weighted by Gasteiger charge is -2.52. The maximum Gasteiger partial charge on any atom is 0.191 e. The van der Waals surface area contributed by atoms with Crippen LogP contribution < -0.4 is 0 Å². The summed E-state index contributed by atoms with van der Waals surface area (Å²) in [5, 5.41) is 16.4. The SMILES string of the molecule is OC(c1ccccc1)(c1ccccc1)c1cc(C[N+]23CCC(CC2)[C@@H](Cc2cccc(F)c2)C3)on1. The van der Waals surface area contributed by atoms with Gasteiger partial charge in [0.15, 0.2) is 11.4 Å². The number of quaternary nitrogens is 1. The van der Waals surface area contributed by atoms with Crippen molar-refractivity contribution in [3.05, 3.63) is 125 Å². The molecule has 0 radical (unpaired) electrons. The van der Waals surface area contributed by atoms with E-state index in [2.05, 4.69) is 5.16 Å². The molecule has 4 heterocycles. The highest BCUT2D eigenvalue weighted by atomic mass is 19.1. The first kappa shape index (κ1) is 23.1. The summed E-state index contributed by atoms with van der Waals surface area (Å²) in [6.07, 6.45) is 3.31. The van der Waals surface area contributed by atoms with Gasteiger partial charge in [-0.15, -0.1) is 0 Å². The van der Waals surface area contributed by atoms with Crippen molar-refractivity contribution in [1.29, 1.82) is 0 Å². The van der Waals surface area contributed by atoms with Crippen molar-refractivity contribution in [2.75, 3.05) is 19.6 Å². The maximum absolute atomic E-state index is 13.8. The van der Waals surface area contributed by atoms with Crippen molar-refractivity contribution in [3.8, 4) is 0 Å². The van der Waals surface area contributed by atoms with E-state index in [1.807, 2.05) is 78.9 Å². The lowest BCUT2D eigenvalue weighted by atomic mass is 9.74. The van der Waals surface area contributed by atoms with E-state index in [1.165, 1.54) is 18.9 Å². The molecule has 1 atom stereocenters. The molecular weight excluding hydrogens is 451 g/mol. The van der Waals surface area contributed by atoms with Gasteiger partial charge in [0.2, 0.25) is 0 Å². The number of aromatic nitrogens is 1. The molecule has 3 aliphatic heterocycles. The Labute approximate surface area is 211 Å². The van der Waals surface area contributed by atoms with Crippen LogP contribution in [0.5, 0.6) is 0 Å². The molecule has 3 aliphatic rings. The molecule has 0 spiro atoms. The summed E-state index contributed by atoms with van der Waals surface area (Å²) >= 11 is 0. The van der Waals surface area contributed by atoms with Crippen LogP contribution in [0.1, 0.15) is 41.0 Å². The number of piperidine rings is 3. The van der Waals surface area contributed by atoms with E-state index in [-0.39, 0.29) is 5.82 Å². The first-order valence-corrected chi connectivity index (χ1v) is 12.9. The van der Waals surface area contributed by atoms with Gasteiger partial charge in [0.05, 0.1) is 19.6 Å². The minimum atomic E-state index is -1.39. The second-order valence-corrected chi connectivity index (χ2v) is 10.7. The highest BCUT2D eigenvalue weighted by molar-refractivity contribution is 5.44. The second-order valence-electron chi connectivity index (χ2n) is 10.7. The fourth-order valence-electron chi connectivity index (χ4n) is 6.57. The van der Waals surface area contributed by atoms with Gasteiger partial charge < -0.3 is 14.1 Å². The van der Waals surface area contributed by atoms with E-state index in [1.54, 1.807) is 6.07 Å². The minimum Gasteiger partial charge on any atom is -0.374 e. The van der Waals surface area contributed by atoms with Crippen LogP contribution in [0.15, 0.2) is 95.5 Å². The lowest BCUT2D eigenvalue weighted by molar-refractivity contribution is -0.960. The Bertz CT molecular complexity index is 1270. The molecule has 5 heteroatoms. The molecule has 7 rings (SSSR count). The Morgan fingerprint density at radius 1 is 0.889 bits per heavy atom. The second kappa shape index (κ2) is 9.30. The summed E-state index contributed by atoms with van der Waals surface area (Å²) in [4.78, 5) is 0. The van der Waals surface area contributed by atoms with Crippen molar-refractivity contribution in [2.24, 2.45) is 11.8 Å². The highest BCUT2D eigenvalue weighted by Crippen LogP contribution is 2.41. The molecule has 3 fully saturated rings. The molecule has 3 saturated heterocycles. The number of rotatable bonds is 7. The molecule has 4 nitrogen and oxygen atoms in total. The molecule has 0 amide bonds. The quantitative estimate of drug-likeness (QED) is 0.343. The predicted octanol–water partition coefficient (Wildman–Crippen LogP) is 5.70. The predicted molar refractivity (Wildman–Crippen MR) is 136 cm³/mol. The van der Waals surface area contributed by atoms with E-state index < -0.39 is 5.60 Å². The molecule has 4 aromatic rings. The van der Waals surface area contributed by atoms with Gasteiger partial charge in [-0.2, -0.15) is 0 Å². The van der Waals surface area contributed by atoms with Gasteiger partial charge in [-0.05, 0) is 41.2 Å². The molecule has 1 N–H and O–H groups in total. The first-order valence-electron chi connectivity index (χ1n) is 12.9. The average Bonchev–Trinajstić information content (AvgIpc) is 3.38. The Balaban J connectivity index is 1.26. The van der Waals surface area contributed by atoms with Crippen LogP contribution >= 0.6 is 0 Å². The van der Waals surface area contributed by atoms with Gasteiger partial charge in [0.25, 0.3) is 0 Å². The van der Waals surface area contributed by atoms with Crippen molar-refractivity contribution in [3.63, 3.8) is 0 Å². The van der Waals surface area contributed by atoms with E-state index in [9.17, 15) is 9.50 Å². The van der Waals surface area contributed by atoms with Crippen molar-refractivity contribution in [2.45, 2.75) is 31.4 Å². The zero-order valence-corrected chi connectivity index (χ0v) is 20.4. The topological polar surface area (TPSA) is 46.3 Å². The number of nitrogens with zero attached hydrogens (tertiary/aromatic N) is 2. The Morgan fingerprint density at radius 2 is 1.56 bits per heavy atom. The summed E-state index contributed by atoms with van der Waals surface area (Å²) in [6.45, 7) is 4.09. The Hall–Kier alpha value is -3.28. The maximum atomic E-state index is 13.8. The monoisotopic (exact) mass is 483 g/mol. The molecule has 0 saturated carbocycles. The zero-order chi connectivity index (χ0) is 24.6. The van der Waals surface area contributed by atoms with Crippen LogP contribution in [-0.2, 0) is 18.6 Å². The van der Waals surface area contributed by atoms with Crippen LogP contribution in [-0.4, -0.2) is 34.4 Å². The van der Waals surface area contributed by atoms with Gasteiger partial charge in [-0.3, -0.25) is 0 Å². The van der Waals surface area contributed by atoms with Crippen LogP contribution in [0, 0.1) is 17.7 Å². The van der Waals surface area contributed by atoms with Crippen LogP contribution in [0.25, 0.3) is 0 Å². The number of aliphatic hydroxyl groups is 1. The van der Waals surface area contributed by atoms with Gasteiger partial charge in [-0.1, -0.05) is 78.0 Å². The molecule has 0 unspecified atom stereocenters. The van der Waals surface area contributed by atoms with E-state index in [0.29, 0.717) is 17.5 Å². The molecule has 1 aromatic heterocycles. The smallest absolute Gasteiger partial charge is 0.191 e. The van der Waals surface area contributed by atoms with Gasteiger partial charge in [0.1, 0.15) is 18.1 Å². The number of fused-ring (bicyclic) bond motifs is 3. The normalized spacial score (nSPS) is 23.6. The summed E-state index contributed by atoms with van der Waals surface area (Å²) in [5.41, 5.74) is 1.73. The number of hydrogen-bond acceptors (Lipinski definition) is 3. The number of benzene rings is 3. The Kier molecular flexibility index (Phi) is 5.98. The molecule has 2 bridgehead atoms. The fraction of sp³-hybridized carbons (Fsp3) is 0.323. The zero-order valence-electron chi connectivity index (χ0n) is 20.4. The van der Waals surface area contributed by atoms with Gasteiger partial charge in [-0.25, -0.2) is 4.39 Å². The van der Waals surface area contributed by atoms with Crippen LogP contribution in [0.2, 0.25) is 0 Å². The van der Waals surface area contributed by atoms with Crippen molar-refractivity contribution in [1.82, 2.24) is 5.16 Å². The molecule has 3 aromatic carbocycles. The summed E-state index contributed by atoms with van der Waals surface area (Å²) in [7, 11) is 0. The third-order valence-electron chi connectivity index (χ3n) is 8.43. The van der Waals surface area contributed by atoms with Crippen LogP contribution in [0.4, 0.5) is 4.39 Å². The summed E-state index contributed by atoms with van der Waals surface area (Å²) in [6, 6.07) is 28.3. The summed E-state index contributed by atoms with van der Waals surface area (Å²) in [5.74, 6) is 1.90. The van der Waals surface area contributed by atoms with E-state index >= 15 is 0 Å². The third kappa shape index (κ3) is 4.27. The molecular formula is C31H32FN2O2+. The molecule has 36 heavy (non-hydrogen) atoms. The van der Waals surface area contributed by atoms with Gasteiger partial charge >= 0.3 is 0 Å². The van der Waals surface area contributed by atoms with Crippen molar-refractivity contribution >= 4 is 0 Å². The standard InChI is InChI=1S/C31H32FN2O2/c32-28-13-7-8-23(19-28)18-25-21-34(16-14-24(25)15-17-34)22-29-20-30(33-36-29)31(35,26-9-3-1-4-10-26)27-11-5-2-6-12-27/h1-13,19-20,24-25,35H,14-18,21-22H2/q+1/t24?,25-,34?/m0/s1. The molecule has 184 valence electrons. The van der Waals surface area contributed by atoms with E-state index in [0.717, 1.165) is 59.5 Å². The van der Waals surface area contributed by atoms with E-state index in [4.69, 9.17) is 4.52 Å². The third-order valence-corrected chi connectivity index (χ3v) is 8.43. The Morgan fingerprint density at radius 3 is 2.19 bits per heavy atom. The average molecular weight is 484 g/mol. The van der Waals surface area contributed by atoms with Crippen LogP contribution in [0.3, 0.4) is 0 Å². The molecule has 0 aliphatic carbocycles. The lowest BCUT2D eigenvalue weighted by Crippen LogP contribution is -2.61. The fourth-order valence-corrected chi connectivity index (χ4v) is 6.57. The summed E-state index contributed by atoms with van der Waals surface area (Å²) < 4.78 is 20.6. The largest absolute Gasteiger partial charge is 0.374 e. The highest BCUT2D eigenvalue weighted by Gasteiger charge is 2.46. The number of hydrogen-bond donors (Lipinski definition) is 1. The number of halogens is 1. The van der Waals surface area contributed by atoms with Crippen molar-refractivity contribution < 1.29 is 18.5 Å². The first-order chi connectivity index (χ1) is 17.5.